The fourth-order valence-corrected chi connectivity index (χ4v) is 3.86. The molecule has 0 saturated carbocycles. The van der Waals surface area contributed by atoms with Crippen LogP contribution in [0, 0.1) is 0 Å². The molecule has 2 amide bonds. The number of rotatable bonds is 9. The van der Waals surface area contributed by atoms with E-state index in [0.717, 1.165) is 34.5 Å². The highest BCUT2D eigenvalue weighted by molar-refractivity contribution is 5.94. The molecule has 0 saturated heterocycles. The second kappa shape index (κ2) is 10.6. The first-order chi connectivity index (χ1) is 15.7. The highest BCUT2D eigenvalue weighted by atomic mass is 16.5. The number of carbonyl (C=O) groups excluding carboxylic acids is 2. The van der Waals surface area contributed by atoms with Crippen molar-refractivity contribution in [1.82, 2.24) is 4.90 Å². The van der Waals surface area contributed by atoms with Crippen molar-refractivity contribution in [2.75, 3.05) is 11.9 Å². The number of carbonyl (C=O) groups is 2. The second-order valence-electron chi connectivity index (χ2n) is 8.04. The number of ether oxygens (including phenoxy) is 1. The molecule has 0 aliphatic carbocycles. The minimum atomic E-state index is 0.0558. The number of aryl methyl sites for hydroxylation is 1. The molecule has 1 heterocycles. The molecule has 1 aliphatic heterocycles. The van der Waals surface area contributed by atoms with Gasteiger partial charge in [-0.05, 0) is 47.7 Å². The van der Waals surface area contributed by atoms with Gasteiger partial charge in [0.1, 0.15) is 5.75 Å². The summed E-state index contributed by atoms with van der Waals surface area (Å²) in [6, 6.07) is 25.9. The zero-order valence-electron chi connectivity index (χ0n) is 18.1. The van der Waals surface area contributed by atoms with Gasteiger partial charge >= 0.3 is 0 Å². The molecule has 1 aliphatic rings. The average molecular weight is 429 g/mol. The number of fused-ring (bicyclic) bond motifs is 1. The van der Waals surface area contributed by atoms with E-state index < -0.39 is 0 Å². The van der Waals surface area contributed by atoms with Gasteiger partial charge in [0.15, 0.2) is 0 Å². The molecule has 164 valence electrons. The van der Waals surface area contributed by atoms with Gasteiger partial charge in [-0.1, -0.05) is 60.7 Å². The smallest absolute Gasteiger partial charge is 0.224 e. The average Bonchev–Trinajstić information content (AvgIpc) is 2.82. The second-order valence-corrected chi connectivity index (χ2v) is 8.04. The molecule has 3 aromatic rings. The third-order valence-electron chi connectivity index (χ3n) is 5.56. The van der Waals surface area contributed by atoms with Crippen LogP contribution < -0.4 is 10.1 Å². The minimum Gasteiger partial charge on any atom is -0.494 e. The molecule has 32 heavy (non-hydrogen) atoms. The lowest BCUT2D eigenvalue weighted by atomic mass is 10.0. The maximum atomic E-state index is 13.0. The van der Waals surface area contributed by atoms with Gasteiger partial charge in [0.25, 0.3) is 0 Å². The van der Waals surface area contributed by atoms with E-state index in [1.807, 2.05) is 83.8 Å². The van der Waals surface area contributed by atoms with E-state index in [2.05, 4.69) is 5.32 Å². The molecule has 5 nitrogen and oxygen atoms in total. The fourth-order valence-electron chi connectivity index (χ4n) is 3.86. The zero-order chi connectivity index (χ0) is 22.2. The number of nitrogens with zero attached hydrogens (tertiary/aromatic N) is 1. The van der Waals surface area contributed by atoms with Crippen molar-refractivity contribution >= 4 is 17.5 Å². The standard InChI is InChI=1S/C27H28N2O3/c30-26-16-13-23-18-24(14-15-25(23)28-26)32-17-7-12-27(31)29(19-21-8-3-1-4-9-21)20-22-10-5-2-6-11-22/h1-6,8-11,14-15,18H,7,12-13,16-17,19-20H2,(H,28,30). The van der Waals surface area contributed by atoms with Crippen LogP contribution in [0.15, 0.2) is 78.9 Å². The summed E-state index contributed by atoms with van der Waals surface area (Å²) in [4.78, 5) is 26.4. The first kappa shape index (κ1) is 21.6. The minimum absolute atomic E-state index is 0.0558. The Morgan fingerprint density at radius 3 is 2.19 bits per heavy atom. The van der Waals surface area contributed by atoms with Crippen LogP contribution in [-0.4, -0.2) is 23.3 Å². The number of benzene rings is 3. The van der Waals surface area contributed by atoms with Gasteiger partial charge in [-0.2, -0.15) is 0 Å². The fraction of sp³-hybridized carbons (Fsp3) is 0.259. The van der Waals surface area contributed by atoms with E-state index in [0.29, 0.717) is 39.0 Å². The molecule has 0 spiro atoms. The van der Waals surface area contributed by atoms with Crippen molar-refractivity contribution in [2.24, 2.45) is 0 Å². The Kier molecular flexibility index (Phi) is 7.18. The van der Waals surface area contributed by atoms with Crippen LogP contribution >= 0.6 is 0 Å². The number of nitrogens with one attached hydrogen (secondary N) is 1. The SMILES string of the molecule is O=C1CCc2cc(OCCCC(=O)N(Cc3ccccc3)Cc3ccccc3)ccc2N1. The predicted molar refractivity (Wildman–Crippen MR) is 125 cm³/mol. The van der Waals surface area contributed by atoms with Gasteiger partial charge in [0.2, 0.25) is 11.8 Å². The van der Waals surface area contributed by atoms with E-state index in [1.54, 1.807) is 0 Å². The summed E-state index contributed by atoms with van der Waals surface area (Å²) >= 11 is 0. The van der Waals surface area contributed by atoms with Crippen LogP contribution in [0.5, 0.6) is 5.75 Å². The van der Waals surface area contributed by atoms with Crippen molar-refractivity contribution < 1.29 is 14.3 Å². The molecule has 0 radical (unpaired) electrons. The lowest BCUT2D eigenvalue weighted by Gasteiger charge is -2.23. The maximum absolute atomic E-state index is 13.0. The normalized spacial score (nSPS) is 12.6. The summed E-state index contributed by atoms with van der Waals surface area (Å²) in [7, 11) is 0. The number of amides is 2. The van der Waals surface area contributed by atoms with Gasteiger partial charge < -0.3 is 15.0 Å². The number of hydrogen-bond acceptors (Lipinski definition) is 3. The van der Waals surface area contributed by atoms with Gasteiger partial charge in [0.05, 0.1) is 6.61 Å². The molecule has 5 heteroatoms. The Labute approximate surface area is 189 Å². The molecule has 0 aromatic heterocycles. The summed E-state index contributed by atoms with van der Waals surface area (Å²) in [6.07, 6.45) is 2.31. The van der Waals surface area contributed by atoms with Crippen LogP contribution in [0.2, 0.25) is 0 Å². The molecular formula is C27H28N2O3. The lowest BCUT2D eigenvalue weighted by molar-refractivity contribution is -0.132. The molecule has 4 rings (SSSR count). The molecule has 0 atom stereocenters. The summed E-state index contributed by atoms with van der Waals surface area (Å²) in [5.41, 5.74) is 4.19. The third-order valence-corrected chi connectivity index (χ3v) is 5.56. The van der Waals surface area contributed by atoms with Gasteiger partial charge in [0, 0.05) is 31.6 Å². The zero-order valence-corrected chi connectivity index (χ0v) is 18.1. The van der Waals surface area contributed by atoms with E-state index in [-0.39, 0.29) is 11.8 Å². The first-order valence-electron chi connectivity index (χ1n) is 11.1. The van der Waals surface area contributed by atoms with Crippen molar-refractivity contribution in [3.63, 3.8) is 0 Å². The van der Waals surface area contributed by atoms with Crippen LogP contribution in [-0.2, 0) is 29.1 Å². The summed E-state index contributed by atoms with van der Waals surface area (Å²) in [5, 5.41) is 2.88. The maximum Gasteiger partial charge on any atom is 0.224 e. The van der Waals surface area contributed by atoms with Crippen LogP contribution in [0.25, 0.3) is 0 Å². The first-order valence-corrected chi connectivity index (χ1v) is 11.1. The van der Waals surface area contributed by atoms with Crippen LogP contribution in [0.1, 0.15) is 36.0 Å². The molecule has 1 N–H and O–H groups in total. The van der Waals surface area contributed by atoms with Crippen LogP contribution in [0.4, 0.5) is 5.69 Å². The van der Waals surface area contributed by atoms with Crippen molar-refractivity contribution in [3.8, 4) is 5.75 Å². The van der Waals surface area contributed by atoms with Gasteiger partial charge in [-0.3, -0.25) is 9.59 Å². The predicted octanol–water partition coefficient (Wildman–Crippen LogP) is 4.96. The van der Waals surface area contributed by atoms with Gasteiger partial charge in [-0.25, -0.2) is 0 Å². The highest BCUT2D eigenvalue weighted by Crippen LogP contribution is 2.27. The Bertz CT molecular complexity index is 1010. The Hall–Kier alpha value is -3.60. The highest BCUT2D eigenvalue weighted by Gasteiger charge is 2.16. The van der Waals surface area contributed by atoms with E-state index in [9.17, 15) is 9.59 Å². The van der Waals surface area contributed by atoms with Crippen molar-refractivity contribution in [1.29, 1.82) is 0 Å². The van der Waals surface area contributed by atoms with Gasteiger partial charge in [-0.15, -0.1) is 0 Å². The monoisotopic (exact) mass is 428 g/mol. The number of hydrogen-bond donors (Lipinski definition) is 1. The van der Waals surface area contributed by atoms with Crippen molar-refractivity contribution in [2.45, 2.75) is 38.8 Å². The molecule has 0 fully saturated rings. The van der Waals surface area contributed by atoms with Crippen LogP contribution in [0.3, 0.4) is 0 Å². The molecule has 0 unspecified atom stereocenters. The molecule has 0 bridgehead atoms. The Balaban J connectivity index is 1.31. The lowest BCUT2D eigenvalue weighted by Crippen LogP contribution is -2.30. The molecule has 3 aromatic carbocycles. The van der Waals surface area contributed by atoms with E-state index in [4.69, 9.17) is 4.74 Å². The summed E-state index contributed by atoms with van der Waals surface area (Å²) < 4.78 is 5.88. The van der Waals surface area contributed by atoms with E-state index in [1.165, 1.54) is 0 Å². The van der Waals surface area contributed by atoms with Crippen molar-refractivity contribution in [3.05, 3.63) is 95.6 Å². The quantitative estimate of drug-likeness (QED) is 0.490. The number of anilines is 1. The molecular weight excluding hydrogens is 400 g/mol. The summed E-state index contributed by atoms with van der Waals surface area (Å²) in [5.74, 6) is 0.951. The van der Waals surface area contributed by atoms with E-state index >= 15 is 0 Å². The largest absolute Gasteiger partial charge is 0.494 e. The Morgan fingerprint density at radius 1 is 0.875 bits per heavy atom. The summed E-state index contributed by atoms with van der Waals surface area (Å²) in [6.45, 7) is 1.65. The topological polar surface area (TPSA) is 58.6 Å². The Morgan fingerprint density at radius 2 is 1.53 bits per heavy atom. The third kappa shape index (κ3) is 5.97.